The molecule has 284 valence electrons. The van der Waals surface area contributed by atoms with Crippen LogP contribution in [0, 0.1) is 0 Å². The SMILES string of the molecule is C=CC=CC(C=Cc1ccc(N2CCC(O)C2)cc1)=NCC(=O)NCCSSCCNC(=O)C[n+]1ccccc1C=Cc1ccc(N2CCC(O)C2)cc1. The summed E-state index contributed by atoms with van der Waals surface area (Å²) in [5.41, 5.74) is 5.90. The molecular formula is C42H51N6O4S2+. The van der Waals surface area contributed by atoms with Crippen molar-refractivity contribution in [2.45, 2.75) is 31.6 Å². The number of carbonyl (C=O) groups is 2. The molecule has 0 spiro atoms. The summed E-state index contributed by atoms with van der Waals surface area (Å²) in [5.74, 6) is 1.30. The van der Waals surface area contributed by atoms with Crippen LogP contribution in [0.15, 0.2) is 109 Å². The van der Waals surface area contributed by atoms with E-state index in [2.05, 4.69) is 68.4 Å². The van der Waals surface area contributed by atoms with Crippen molar-refractivity contribution < 1.29 is 24.4 Å². The first-order chi connectivity index (χ1) is 26.4. The van der Waals surface area contributed by atoms with Gasteiger partial charge in [0.25, 0.3) is 5.91 Å². The largest absolute Gasteiger partial charge is 0.391 e. The summed E-state index contributed by atoms with van der Waals surface area (Å²) in [7, 11) is 3.31. The van der Waals surface area contributed by atoms with Crippen molar-refractivity contribution in [3.63, 3.8) is 0 Å². The van der Waals surface area contributed by atoms with Crippen molar-refractivity contribution in [2.24, 2.45) is 4.99 Å². The first-order valence-corrected chi connectivity index (χ1v) is 20.9. The summed E-state index contributed by atoms with van der Waals surface area (Å²) in [6.07, 6.45) is 16.2. The summed E-state index contributed by atoms with van der Waals surface area (Å²) >= 11 is 0. The van der Waals surface area contributed by atoms with Gasteiger partial charge in [-0.1, -0.05) is 70.7 Å². The number of benzene rings is 2. The standard InChI is InChI=1S/C42H50N6O4S2/c1-2-3-6-35(14-8-33-10-16-37(17-11-33)47-25-20-39(49)30-47)45-29-41(51)43-22-27-53-54-28-23-44-42(52)32-46-24-5-4-7-36(46)15-9-34-12-18-38(19-13-34)48-26-21-40(50)31-48/h2-19,24,39-40,49-50H,1,20-23,25-32H2,(H-,43,44,51,52)/p+1. The van der Waals surface area contributed by atoms with Gasteiger partial charge in [-0.15, -0.1) is 0 Å². The Labute approximate surface area is 326 Å². The molecule has 0 saturated carbocycles. The topological polar surface area (TPSA) is 121 Å². The fraction of sp³-hybridized carbons (Fsp3) is 0.333. The van der Waals surface area contributed by atoms with E-state index in [0.29, 0.717) is 31.9 Å². The Hall–Kier alpha value is -4.62. The summed E-state index contributed by atoms with van der Waals surface area (Å²) in [6, 6.07) is 22.3. The molecule has 2 aromatic carbocycles. The summed E-state index contributed by atoms with van der Waals surface area (Å²) in [4.78, 5) is 34.0. The van der Waals surface area contributed by atoms with E-state index in [0.717, 1.165) is 65.6 Å². The molecule has 3 heterocycles. The second-order valence-electron chi connectivity index (χ2n) is 13.1. The number of β-amino-alcohol motifs (C(OH)–C–C–N with tert-alkyl or cyclic N) is 2. The molecule has 2 aliphatic rings. The number of hydrogen-bond donors (Lipinski definition) is 4. The maximum atomic E-state index is 12.7. The molecule has 2 unspecified atom stereocenters. The number of allylic oxidation sites excluding steroid dienone is 4. The zero-order valence-electron chi connectivity index (χ0n) is 30.6. The number of nitrogens with one attached hydrogen (secondary N) is 2. The molecule has 2 aliphatic heterocycles. The number of aliphatic hydroxyl groups excluding tert-OH is 2. The lowest BCUT2D eigenvalue weighted by atomic mass is 10.1. The van der Waals surface area contributed by atoms with Gasteiger partial charge in [0.1, 0.15) is 6.54 Å². The molecule has 10 nitrogen and oxygen atoms in total. The van der Waals surface area contributed by atoms with E-state index in [1.165, 1.54) is 0 Å². The number of hydrogen-bond acceptors (Lipinski definition) is 9. The molecule has 12 heteroatoms. The van der Waals surface area contributed by atoms with E-state index >= 15 is 0 Å². The van der Waals surface area contributed by atoms with Gasteiger partial charge in [-0.05, 0) is 72.5 Å². The van der Waals surface area contributed by atoms with Crippen LogP contribution in [-0.2, 0) is 16.1 Å². The average Bonchev–Trinajstić information content (AvgIpc) is 3.83. The molecule has 4 N–H and O–H groups in total. The van der Waals surface area contributed by atoms with Crippen LogP contribution in [0.25, 0.3) is 18.2 Å². The number of aromatic nitrogens is 1. The Balaban J connectivity index is 0.951. The first-order valence-electron chi connectivity index (χ1n) is 18.4. The minimum atomic E-state index is -0.260. The zero-order valence-corrected chi connectivity index (χ0v) is 32.3. The number of pyridine rings is 1. The van der Waals surface area contributed by atoms with Gasteiger partial charge in [0.2, 0.25) is 18.1 Å². The highest BCUT2D eigenvalue weighted by atomic mass is 33.1. The predicted octanol–water partition coefficient (Wildman–Crippen LogP) is 4.80. The molecule has 2 atom stereocenters. The quantitative estimate of drug-likeness (QED) is 0.0452. The van der Waals surface area contributed by atoms with Crippen LogP contribution in [0.3, 0.4) is 0 Å². The lowest BCUT2D eigenvalue weighted by Crippen LogP contribution is -2.45. The molecule has 2 fully saturated rings. The van der Waals surface area contributed by atoms with E-state index in [9.17, 15) is 19.8 Å². The number of aliphatic imine (C=N–C) groups is 1. The highest BCUT2D eigenvalue weighted by molar-refractivity contribution is 8.76. The minimum absolute atomic E-state index is 0.0244. The summed E-state index contributed by atoms with van der Waals surface area (Å²) in [5, 5.41) is 25.6. The predicted molar refractivity (Wildman–Crippen MR) is 226 cm³/mol. The molecule has 0 bridgehead atoms. The van der Waals surface area contributed by atoms with Crippen LogP contribution in [0.4, 0.5) is 11.4 Å². The van der Waals surface area contributed by atoms with Crippen molar-refractivity contribution in [2.75, 3.05) is 67.1 Å². The van der Waals surface area contributed by atoms with E-state index in [4.69, 9.17) is 0 Å². The van der Waals surface area contributed by atoms with Crippen molar-refractivity contribution >= 4 is 68.7 Å². The summed E-state index contributed by atoms with van der Waals surface area (Å²) < 4.78 is 1.93. The Kier molecular flexibility index (Phi) is 16.5. The normalized spacial score (nSPS) is 17.6. The molecular weight excluding hydrogens is 717 g/mol. The highest BCUT2D eigenvalue weighted by Crippen LogP contribution is 2.23. The van der Waals surface area contributed by atoms with Crippen molar-refractivity contribution in [3.8, 4) is 0 Å². The van der Waals surface area contributed by atoms with Gasteiger partial charge in [0.05, 0.1) is 17.9 Å². The molecule has 1 aromatic heterocycles. The third-order valence-electron chi connectivity index (χ3n) is 8.93. The minimum Gasteiger partial charge on any atom is -0.391 e. The van der Waals surface area contributed by atoms with Gasteiger partial charge < -0.3 is 30.6 Å². The van der Waals surface area contributed by atoms with Gasteiger partial charge in [-0.3, -0.25) is 14.6 Å². The fourth-order valence-corrected chi connectivity index (χ4v) is 7.85. The number of carbonyl (C=O) groups excluding carboxylic acids is 2. The first kappa shape index (κ1) is 40.6. The molecule has 54 heavy (non-hydrogen) atoms. The third-order valence-corrected chi connectivity index (χ3v) is 11.3. The lowest BCUT2D eigenvalue weighted by molar-refractivity contribution is -0.686. The fourth-order valence-electron chi connectivity index (χ4n) is 6.03. The number of rotatable bonds is 19. The van der Waals surface area contributed by atoms with E-state index in [-0.39, 0.29) is 37.1 Å². The van der Waals surface area contributed by atoms with E-state index in [1.807, 2.05) is 71.5 Å². The van der Waals surface area contributed by atoms with E-state index < -0.39 is 0 Å². The lowest BCUT2D eigenvalue weighted by Gasteiger charge is -2.17. The maximum Gasteiger partial charge on any atom is 0.286 e. The van der Waals surface area contributed by atoms with Gasteiger partial charge in [-0.2, -0.15) is 4.57 Å². The Morgan fingerprint density at radius 1 is 0.796 bits per heavy atom. The zero-order chi connectivity index (χ0) is 38.0. The second-order valence-corrected chi connectivity index (χ2v) is 15.8. The van der Waals surface area contributed by atoms with Crippen molar-refractivity contribution in [1.29, 1.82) is 0 Å². The molecule has 2 saturated heterocycles. The van der Waals surface area contributed by atoms with Gasteiger partial charge in [-0.25, -0.2) is 0 Å². The van der Waals surface area contributed by atoms with Crippen molar-refractivity contribution in [1.82, 2.24) is 10.6 Å². The van der Waals surface area contributed by atoms with Crippen molar-refractivity contribution in [3.05, 3.63) is 121 Å². The Morgan fingerprint density at radius 3 is 1.96 bits per heavy atom. The van der Waals surface area contributed by atoms with Crippen LogP contribution in [0.2, 0.25) is 0 Å². The van der Waals surface area contributed by atoms with Gasteiger partial charge >= 0.3 is 0 Å². The van der Waals surface area contributed by atoms with Crippen LogP contribution in [0.5, 0.6) is 0 Å². The van der Waals surface area contributed by atoms with Crippen LogP contribution >= 0.6 is 21.6 Å². The van der Waals surface area contributed by atoms with Gasteiger partial charge in [0.15, 0.2) is 6.20 Å². The second kappa shape index (κ2) is 21.9. The molecule has 2 amide bonds. The van der Waals surface area contributed by atoms with Gasteiger partial charge in [0, 0.05) is 80.4 Å². The van der Waals surface area contributed by atoms with Crippen LogP contribution in [0.1, 0.15) is 29.7 Å². The smallest absolute Gasteiger partial charge is 0.286 e. The maximum absolute atomic E-state index is 12.7. The molecule has 3 aromatic rings. The molecule has 5 rings (SSSR count). The van der Waals surface area contributed by atoms with E-state index in [1.54, 1.807) is 33.7 Å². The number of amides is 2. The number of nitrogens with zero attached hydrogens (tertiary/aromatic N) is 4. The Bertz CT molecular complexity index is 1790. The van der Waals surface area contributed by atoms with Crippen LogP contribution < -0.4 is 25.0 Å². The monoisotopic (exact) mass is 767 g/mol. The van der Waals surface area contributed by atoms with Crippen LogP contribution in [-0.4, -0.2) is 97.3 Å². The number of aliphatic hydroxyl groups is 2. The Morgan fingerprint density at radius 2 is 1.39 bits per heavy atom. The molecule has 0 aliphatic carbocycles. The highest BCUT2D eigenvalue weighted by Gasteiger charge is 2.21. The average molecular weight is 768 g/mol. The summed E-state index contributed by atoms with van der Waals surface area (Å²) in [6.45, 7) is 8.13. The third kappa shape index (κ3) is 13.7. The number of anilines is 2. The molecule has 0 radical (unpaired) electrons.